The largest absolute Gasteiger partial charge is 0.451 e. The van der Waals surface area contributed by atoms with E-state index in [1.165, 1.54) is 12.3 Å². The number of aryl methyl sites for hydroxylation is 1. The number of halogens is 4. The molecule has 2 aromatic heterocycles. The molecule has 0 aliphatic carbocycles. The van der Waals surface area contributed by atoms with Crippen LogP contribution in [0.1, 0.15) is 11.5 Å². The molecular weight excluding hydrogens is 301 g/mol. The lowest BCUT2D eigenvalue weighted by Crippen LogP contribution is -2.11. The van der Waals surface area contributed by atoms with Crippen molar-refractivity contribution in [3.05, 3.63) is 35.0 Å². The van der Waals surface area contributed by atoms with Gasteiger partial charge in [0.05, 0.1) is 0 Å². The van der Waals surface area contributed by atoms with Crippen LogP contribution in [0.5, 0.6) is 0 Å². The van der Waals surface area contributed by atoms with Crippen LogP contribution in [0.2, 0.25) is 5.15 Å². The van der Waals surface area contributed by atoms with E-state index in [1.54, 1.807) is 13.0 Å². The van der Waals surface area contributed by atoms with Crippen molar-refractivity contribution in [2.45, 2.75) is 23.3 Å². The van der Waals surface area contributed by atoms with Gasteiger partial charge in [-0.15, -0.1) is 0 Å². The molecule has 19 heavy (non-hydrogen) atoms. The third-order valence-electron chi connectivity index (χ3n) is 1.89. The zero-order valence-electron chi connectivity index (χ0n) is 9.44. The van der Waals surface area contributed by atoms with E-state index in [1.807, 2.05) is 0 Å². The predicted octanol–water partition coefficient (Wildman–Crippen LogP) is 3.40. The molecule has 2 aromatic rings. The second-order valence-corrected chi connectivity index (χ2v) is 4.81. The SMILES string of the molecule is Cc1ccnc(Sc2cc(Cl)nc(C(F)(F)F)n2)n1. The topological polar surface area (TPSA) is 51.6 Å². The zero-order chi connectivity index (χ0) is 14.0. The number of alkyl halides is 3. The maximum Gasteiger partial charge on any atom is 0.451 e. The number of nitrogens with zero attached hydrogens (tertiary/aromatic N) is 4. The van der Waals surface area contributed by atoms with Crippen LogP contribution in [0.3, 0.4) is 0 Å². The molecule has 0 fully saturated rings. The molecule has 0 atom stereocenters. The minimum Gasteiger partial charge on any atom is -0.231 e. The molecule has 0 aromatic carbocycles. The third-order valence-corrected chi connectivity index (χ3v) is 2.88. The van der Waals surface area contributed by atoms with E-state index in [2.05, 4.69) is 19.9 Å². The molecule has 0 unspecified atom stereocenters. The average molecular weight is 307 g/mol. The van der Waals surface area contributed by atoms with E-state index in [0.29, 0.717) is 10.9 Å². The smallest absolute Gasteiger partial charge is 0.231 e. The van der Waals surface area contributed by atoms with Gasteiger partial charge in [0.25, 0.3) is 0 Å². The maximum absolute atomic E-state index is 12.5. The van der Waals surface area contributed by atoms with Crippen molar-refractivity contribution in [2.75, 3.05) is 0 Å². The van der Waals surface area contributed by atoms with Gasteiger partial charge in [-0.1, -0.05) is 11.6 Å². The van der Waals surface area contributed by atoms with Crippen LogP contribution in [0.15, 0.2) is 28.5 Å². The van der Waals surface area contributed by atoms with Crippen molar-refractivity contribution < 1.29 is 13.2 Å². The van der Waals surface area contributed by atoms with Crippen LogP contribution >= 0.6 is 23.4 Å². The molecule has 0 amide bonds. The van der Waals surface area contributed by atoms with Gasteiger partial charge in [-0.25, -0.2) is 19.9 Å². The third kappa shape index (κ3) is 3.77. The molecule has 0 spiro atoms. The molecule has 0 aliphatic rings. The molecule has 100 valence electrons. The Bertz CT molecular complexity index is 606. The number of aromatic nitrogens is 4. The van der Waals surface area contributed by atoms with Gasteiger partial charge in [-0.3, -0.25) is 0 Å². The molecule has 0 radical (unpaired) electrons. The highest BCUT2D eigenvalue weighted by molar-refractivity contribution is 7.99. The van der Waals surface area contributed by atoms with Gasteiger partial charge < -0.3 is 0 Å². The number of rotatable bonds is 2. The van der Waals surface area contributed by atoms with E-state index in [0.717, 1.165) is 11.8 Å². The summed E-state index contributed by atoms with van der Waals surface area (Å²) in [7, 11) is 0. The minimum absolute atomic E-state index is 0.0397. The normalized spacial score (nSPS) is 11.6. The van der Waals surface area contributed by atoms with E-state index >= 15 is 0 Å². The van der Waals surface area contributed by atoms with E-state index in [4.69, 9.17) is 11.6 Å². The van der Waals surface area contributed by atoms with E-state index in [-0.39, 0.29) is 10.2 Å². The van der Waals surface area contributed by atoms with Gasteiger partial charge in [0.2, 0.25) is 5.82 Å². The Hall–Kier alpha value is -1.41. The Morgan fingerprint density at radius 3 is 2.58 bits per heavy atom. The van der Waals surface area contributed by atoms with Crippen molar-refractivity contribution in [1.82, 2.24) is 19.9 Å². The van der Waals surface area contributed by atoms with Crippen molar-refractivity contribution in [3.63, 3.8) is 0 Å². The first-order valence-electron chi connectivity index (χ1n) is 4.94. The van der Waals surface area contributed by atoms with Gasteiger partial charge >= 0.3 is 6.18 Å². The Labute approximate surface area is 115 Å². The van der Waals surface area contributed by atoms with Crippen LogP contribution < -0.4 is 0 Å². The quantitative estimate of drug-likeness (QED) is 0.629. The molecular formula is C10H6ClF3N4S. The van der Waals surface area contributed by atoms with Crippen LogP contribution in [-0.2, 0) is 6.18 Å². The van der Waals surface area contributed by atoms with Gasteiger partial charge in [0.1, 0.15) is 10.2 Å². The lowest BCUT2D eigenvalue weighted by Gasteiger charge is -2.07. The van der Waals surface area contributed by atoms with Crippen LogP contribution in [0.25, 0.3) is 0 Å². The maximum atomic E-state index is 12.5. The highest BCUT2D eigenvalue weighted by Crippen LogP contribution is 2.31. The first kappa shape index (κ1) is 14.0. The molecule has 0 N–H and O–H groups in total. The lowest BCUT2D eigenvalue weighted by molar-refractivity contribution is -0.145. The van der Waals surface area contributed by atoms with Crippen molar-refractivity contribution in [1.29, 1.82) is 0 Å². The molecule has 4 nitrogen and oxygen atoms in total. The van der Waals surface area contributed by atoms with Crippen molar-refractivity contribution in [2.24, 2.45) is 0 Å². The summed E-state index contributed by atoms with van der Waals surface area (Å²) in [5.41, 5.74) is 0.702. The Morgan fingerprint density at radius 2 is 1.95 bits per heavy atom. The molecule has 2 rings (SSSR count). The molecule has 9 heteroatoms. The van der Waals surface area contributed by atoms with Crippen molar-refractivity contribution >= 4 is 23.4 Å². The molecule has 0 bridgehead atoms. The highest BCUT2D eigenvalue weighted by Gasteiger charge is 2.35. The van der Waals surface area contributed by atoms with Gasteiger partial charge in [-0.05, 0) is 24.8 Å². The fourth-order valence-corrected chi connectivity index (χ4v) is 2.19. The summed E-state index contributed by atoms with van der Waals surface area (Å²) in [5.74, 6) is -1.28. The Balaban J connectivity index is 2.33. The fourth-order valence-electron chi connectivity index (χ4n) is 1.14. The Kier molecular flexibility index (Phi) is 3.91. The van der Waals surface area contributed by atoms with Crippen LogP contribution in [0, 0.1) is 6.92 Å². The monoisotopic (exact) mass is 306 g/mol. The summed E-state index contributed by atoms with van der Waals surface area (Å²) in [5, 5.41) is 0.0540. The molecule has 2 heterocycles. The van der Waals surface area contributed by atoms with Crippen molar-refractivity contribution in [3.8, 4) is 0 Å². The first-order chi connectivity index (χ1) is 8.84. The molecule has 0 saturated heterocycles. The summed E-state index contributed by atoms with van der Waals surface area (Å²) >= 11 is 6.44. The average Bonchev–Trinajstić information content (AvgIpc) is 2.26. The van der Waals surface area contributed by atoms with Crippen LogP contribution in [0.4, 0.5) is 13.2 Å². The number of hydrogen-bond donors (Lipinski definition) is 0. The fraction of sp³-hybridized carbons (Fsp3) is 0.200. The summed E-state index contributed by atoms with van der Waals surface area (Å²) in [6, 6.07) is 2.91. The summed E-state index contributed by atoms with van der Waals surface area (Å²) in [6.45, 7) is 1.75. The van der Waals surface area contributed by atoms with Gasteiger partial charge in [-0.2, -0.15) is 13.2 Å². The van der Waals surface area contributed by atoms with Gasteiger partial charge in [0.15, 0.2) is 5.16 Å². The summed E-state index contributed by atoms with van der Waals surface area (Å²) in [6.07, 6.45) is -3.13. The summed E-state index contributed by atoms with van der Waals surface area (Å²) in [4.78, 5) is 14.5. The second kappa shape index (κ2) is 5.30. The zero-order valence-corrected chi connectivity index (χ0v) is 11.0. The summed E-state index contributed by atoms with van der Waals surface area (Å²) < 4.78 is 37.6. The highest BCUT2D eigenvalue weighted by atomic mass is 35.5. The van der Waals surface area contributed by atoms with E-state index in [9.17, 15) is 13.2 Å². The van der Waals surface area contributed by atoms with E-state index < -0.39 is 12.0 Å². The second-order valence-electron chi connectivity index (χ2n) is 3.43. The predicted molar refractivity (Wildman–Crippen MR) is 62.9 cm³/mol. The lowest BCUT2D eigenvalue weighted by atomic mass is 10.5. The molecule has 0 saturated carbocycles. The minimum atomic E-state index is -4.65. The van der Waals surface area contributed by atoms with Gasteiger partial charge in [0, 0.05) is 18.0 Å². The standard InChI is InChI=1S/C10H6ClF3N4S/c1-5-2-3-15-9(16-5)19-7-4-6(11)17-8(18-7)10(12,13)14/h2-4H,1H3. The molecule has 0 aliphatic heterocycles. The Morgan fingerprint density at radius 1 is 1.21 bits per heavy atom. The number of hydrogen-bond acceptors (Lipinski definition) is 5. The first-order valence-corrected chi connectivity index (χ1v) is 6.13. The van der Waals surface area contributed by atoms with Crippen LogP contribution in [-0.4, -0.2) is 19.9 Å².